The molecule has 0 radical (unpaired) electrons. The second-order valence-corrected chi connectivity index (χ2v) is 5.29. The predicted octanol–water partition coefficient (Wildman–Crippen LogP) is 2.53. The van der Waals surface area contributed by atoms with Gasteiger partial charge in [-0.3, -0.25) is 4.90 Å². The highest BCUT2D eigenvalue weighted by Gasteiger charge is 2.15. The van der Waals surface area contributed by atoms with Crippen LogP contribution in [0.3, 0.4) is 0 Å². The lowest BCUT2D eigenvalue weighted by Crippen LogP contribution is -2.35. The van der Waals surface area contributed by atoms with E-state index in [1.54, 1.807) is 0 Å². The molecule has 3 nitrogen and oxygen atoms in total. The number of ether oxygens (including phenoxy) is 1. The van der Waals surface area contributed by atoms with Crippen molar-refractivity contribution in [2.75, 3.05) is 32.8 Å². The van der Waals surface area contributed by atoms with Gasteiger partial charge in [0.05, 0.1) is 6.61 Å². The average molecular weight is 262 g/mol. The van der Waals surface area contributed by atoms with Crippen molar-refractivity contribution in [3.05, 3.63) is 30.3 Å². The zero-order valence-electron chi connectivity index (χ0n) is 12.0. The summed E-state index contributed by atoms with van der Waals surface area (Å²) >= 11 is 0. The Balaban J connectivity index is 1.58. The van der Waals surface area contributed by atoms with Crippen LogP contribution in [-0.4, -0.2) is 43.7 Å². The number of benzene rings is 1. The number of hydrogen-bond acceptors (Lipinski definition) is 3. The molecule has 0 spiro atoms. The lowest BCUT2D eigenvalue weighted by molar-refractivity contribution is 0.207. The summed E-state index contributed by atoms with van der Waals surface area (Å²) in [6, 6.07) is 10.8. The van der Waals surface area contributed by atoms with Gasteiger partial charge in [-0.2, -0.15) is 0 Å². The third-order valence-electron chi connectivity index (χ3n) is 3.79. The Morgan fingerprint density at radius 3 is 2.89 bits per heavy atom. The standard InChI is InChI=1S/C16H26N2O/c1-15-9-10-17-11-13-18(15)12-5-6-14-19-16-7-3-2-4-8-16/h2-4,7-8,15,17H,5-6,9-14H2,1H3. The Morgan fingerprint density at radius 1 is 1.21 bits per heavy atom. The molecule has 0 saturated carbocycles. The summed E-state index contributed by atoms with van der Waals surface area (Å²) in [5, 5.41) is 3.46. The van der Waals surface area contributed by atoms with Crippen molar-refractivity contribution >= 4 is 0 Å². The van der Waals surface area contributed by atoms with E-state index in [2.05, 4.69) is 17.1 Å². The van der Waals surface area contributed by atoms with Crippen LogP contribution in [0.4, 0.5) is 0 Å². The van der Waals surface area contributed by atoms with E-state index < -0.39 is 0 Å². The van der Waals surface area contributed by atoms with E-state index in [1.807, 2.05) is 30.3 Å². The Kier molecular flexibility index (Phi) is 6.18. The first-order chi connectivity index (χ1) is 9.36. The van der Waals surface area contributed by atoms with E-state index in [9.17, 15) is 0 Å². The lowest BCUT2D eigenvalue weighted by atomic mass is 10.2. The SMILES string of the molecule is CC1CCNCCN1CCCCOc1ccccc1. The topological polar surface area (TPSA) is 24.5 Å². The highest BCUT2D eigenvalue weighted by molar-refractivity contribution is 5.20. The molecule has 1 N–H and O–H groups in total. The summed E-state index contributed by atoms with van der Waals surface area (Å²) in [5.41, 5.74) is 0. The third kappa shape index (κ3) is 5.21. The van der Waals surface area contributed by atoms with Crippen molar-refractivity contribution in [1.82, 2.24) is 10.2 Å². The summed E-state index contributed by atoms with van der Waals surface area (Å²) in [5.74, 6) is 0.981. The minimum Gasteiger partial charge on any atom is -0.494 e. The van der Waals surface area contributed by atoms with Crippen molar-refractivity contribution in [1.29, 1.82) is 0 Å². The lowest BCUT2D eigenvalue weighted by Gasteiger charge is -2.26. The van der Waals surface area contributed by atoms with Crippen molar-refractivity contribution in [2.45, 2.75) is 32.2 Å². The van der Waals surface area contributed by atoms with Gasteiger partial charge in [-0.25, -0.2) is 0 Å². The molecule has 1 aliphatic rings. The molecule has 1 aromatic carbocycles. The van der Waals surface area contributed by atoms with E-state index in [0.717, 1.165) is 31.9 Å². The fourth-order valence-electron chi connectivity index (χ4n) is 2.52. The van der Waals surface area contributed by atoms with Gasteiger partial charge >= 0.3 is 0 Å². The predicted molar refractivity (Wildman–Crippen MR) is 79.7 cm³/mol. The van der Waals surface area contributed by atoms with Crippen LogP contribution < -0.4 is 10.1 Å². The van der Waals surface area contributed by atoms with E-state index in [-0.39, 0.29) is 0 Å². The smallest absolute Gasteiger partial charge is 0.119 e. The summed E-state index contributed by atoms with van der Waals surface area (Å²) < 4.78 is 5.72. The minimum atomic E-state index is 0.713. The largest absolute Gasteiger partial charge is 0.494 e. The van der Waals surface area contributed by atoms with Gasteiger partial charge in [0.15, 0.2) is 0 Å². The Morgan fingerprint density at radius 2 is 2.05 bits per heavy atom. The Bertz CT molecular complexity index is 342. The maximum Gasteiger partial charge on any atom is 0.119 e. The van der Waals surface area contributed by atoms with Gasteiger partial charge in [-0.1, -0.05) is 18.2 Å². The first-order valence-electron chi connectivity index (χ1n) is 7.49. The van der Waals surface area contributed by atoms with Gasteiger partial charge in [-0.05, 0) is 51.4 Å². The monoisotopic (exact) mass is 262 g/mol. The van der Waals surface area contributed by atoms with Crippen molar-refractivity contribution in [3.8, 4) is 5.75 Å². The fourth-order valence-corrected chi connectivity index (χ4v) is 2.52. The number of unbranched alkanes of at least 4 members (excludes halogenated alkanes) is 1. The maximum atomic E-state index is 5.72. The van der Waals surface area contributed by atoms with Crippen LogP contribution in [0.1, 0.15) is 26.2 Å². The van der Waals surface area contributed by atoms with Crippen molar-refractivity contribution in [3.63, 3.8) is 0 Å². The van der Waals surface area contributed by atoms with Crippen LogP contribution in [0.25, 0.3) is 0 Å². The van der Waals surface area contributed by atoms with E-state index in [4.69, 9.17) is 4.74 Å². The van der Waals surface area contributed by atoms with E-state index >= 15 is 0 Å². The van der Waals surface area contributed by atoms with Crippen LogP contribution >= 0.6 is 0 Å². The fraction of sp³-hybridized carbons (Fsp3) is 0.625. The summed E-state index contributed by atoms with van der Waals surface area (Å²) in [7, 11) is 0. The molecule has 0 bridgehead atoms. The van der Waals surface area contributed by atoms with E-state index in [1.165, 1.54) is 25.9 Å². The van der Waals surface area contributed by atoms with Gasteiger partial charge in [0.25, 0.3) is 0 Å². The molecule has 0 amide bonds. The Hall–Kier alpha value is -1.06. The van der Waals surface area contributed by atoms with Gasteiger partial charge in [0, 0.05) is 19.1 Å². The van der Waals surface area contributed by atoms with Crippen molar-refractivity contribution in [2.24, 2.45) is 0 Å². The molecule has 2 rings (SSSR count). The molecule has 1 unspecified atom stereocenters. The first kappa shape index (κ1) is 14.4. The molecule has 1 heterocycles. The molecule has 1 fully saturated rings. The molecule has 1 saturated heterocycles. The molecule has 19 heavy (non-hydrogen) atoms. The molecule has 3 heteroatoms. The van der Waals surface area contributed by atoms with E-state index in [0.29, 0.717) is 6.04 Å². The summed E-state index contributed by atoms with van der Waals surface area (Å²) in [4.78, 5) is 2.60. The zero-order chi connectivity index (χ0) is 13.3. The molecule has 106 valence electrons. The highest BCUT2D eigenvalue weighted by Crippen LogP contribution is 2.10. The first-order valence-corrected chi connectivity index (χ1v) is 7.49. The second-order valence-electron chi connectivity index (χ2n) is 5.29. The highest BCUT2D eigenvalue weighted by atomic mass is 16.5. The number of hydrogen-bond donors (Lipinski definition) is 1. The molecule has 1 aromatic rings. The molecule has 1 atom stereocenters. The van der Waals surface area contributed by atoms with Gasteiger partial charge in [0.1, 0.15) is 5.75 Å². The number of para-hydroxylation sites is 1. The third-order valence-corrected chi connectivity index (χ3v) is 3.79. The van der Waals surface area contributed by atoms with Gasteiger partial charge in [-0.15, -0.1) is 0 Å². The minimum absolute atomic E-state index is 0.713. The van der Waals surface area contributed by atoms with Crippen molar-refractivity contribution < 1.29 is 4.74 Å². The summed E-state index contributed by atoms with van der Waals surface area (Å²) in [6.45, 7) is 7.83. The summed E-state index contributed by atoms with van der Waals surface area (Å²) in [6.07, 6.45) is 3.61. The molecular weight excluding hydrogens is 236 g/mol. The van der Waals surface area contributed by atoms with Crippen LogP contribution in [-0.2, 0) is 0 Å². The quantitative estimate of drug-likeness (QED) is 0.797. The molecule has 1 aliphatic heterocycles. The second kappa shape index (κ2) is 8.18. The molecule has 0 aliphatic carbocycles. The zero-order valence-corrected chi connectivity index (χ0v) is 12.0. The number of rotatable bonds is 6. The average Bonchev–Trinajstić information content (AvgIpc) is 2.65. The van der Waals surface area contributed by atoms with Crippen LogP contribution in [0.5, 0.6) is 5.75 Å². The molecular formula is C16H26N2O. The van der Waals surface area contributed by atoms with Gasteiger partial charge < -0.3 is 10.1 Å². The normalized spacial score (nSPS) is 21.0. The number of nitrogens with zero attached hydrogens (tertiary/aromatic N) is 1. The van der Waals surface area contributed by atoms with Crippen LogP contribution in [0.2, 0.25) is 0 Å². The van der Waals surface area contributed by atoms with Crippen LogP contribution in [0.15, 0.2) is 30.3 Å². The van der Waals surface area contributed by atoms with Gasteiger partial charge in [0.2, 0.25) is 0 Å². The number of nitrogens with one attached hydrogen (secondary N) is 1. The Labute approximate surface area is 116 Å². The molecule has 0 aromatic heterocycles. The maximum absolute atomic E-state index is 5.72. The van der Waals surface area contributed by atoms with Crippen LogP contribution in [0, 0.1) is 0 Å².